The molecule has 35 heavy (non-hydrogen) atoms. The molecule has 0 radical (unpaired) electrons. The molecule has 2 amide bonds. The van der Waals surface area contributed by atoms with Crippen LogP contribution in [0.5, 0.6) is 5.75 Å². The predicted octanol–water partition coefficient (Wildman–Crippen LogP) is 6.50. The third-order valence-electron chi connectivity index (χ3n) is 5.39. The zero-order chi connectivity index (χ0) is 24.9. The van der Waals surface area contributed by atoms with Gasteiger partial charge in [0.05, 0.1) is 27.3 Å². The summed E-state index contributed by atoms with van der Waals surface area (Å²) < 4.78 is 0. The van der Waals surface area contributed by atoms with Crippen LogP contribution in [0.4, 0.5) is 5.69 Å². The highest BCUT2D eigenvalue weighted by Crippen LogP contribution is 2.30. The zero-order valence-corrected chi connectivity index (χ0v) is 20.1. The lowest BCUT2D eigenvalue weighted by Crippen LogP contribution is -2.26. The lowest BCUT2D eigenvalue weighted by molar-refractivity contribution is 0.0938. The number of benzene rings is 3. The summed E-state index contributed by atoms with van der Waals surface area (Å²) in [6.07, 6.45) is 1.66. The number of carbonyl (C=O) groups is 2. The number of nitrogens with zero attached hydrogens (tertiary/aromatic N) is 1. The number of aromatic hydroxyl groups is 1. The monoisotopic (exact) mass is 505 g/mol. The van der Waals surface area contributed by atoms with E-state index >= 15 is 0 Å². The number of para-hydroxylation sites is 1. The molecule has 4 rings (SSSR count). The number of phenols is 1. The van der Waals surface area contributed by atoms with Gasteiger partial charge in [0.1, 0.15) is 5.75 Å². The molecule has 0 bridgehead atoms. The van der Waals surface area contributed by atoms with Crippen LogP contribution in [0.25, 0.3) is 11.3 Å². The van der Waals surface area contributed by atoms with Crippen molar-refractivity contribution in [3.8, 4) is 17.0 Å². The second kappa shape index (κ2) is 10.6. The number of hydrogen-bond acceptors (Lipinski definition) is 4. The Hall–Kier alpha value is -3.87. The van der Waals surface area contributed by atoms with Gasteiger partial charge in [-0.3, -0.25) is 14.6 Å². The first-order chi connectivity index (χ1) is 16.8. The average molecular weight is 506 g/mol. The Morgan fingerprint density at radius 2 is 1.66 bits per heavy atom. The maximum Gasteiger partial charge on any atom is 0.257 e. The average Bonchev–Trinajstić information content (AvgIpc) is 2.85. The molecule has 0 fully saturated rings. The molecular weight excluding hydrogens is 485 g/mol. The predicted molar refractivity (Wildman–Crippen MR) is 138 cm³/mol. The van der Waals surface area contributed by atoms with Crippen LogP contribution in [0.2, 0.25) is 10.0 Å². The fourth-order valence-electron chi connectivity index (χ4n) is 3.57. The molecule has 0 saturated heterocycles. The minimum atomic E-state index is -0.432. The van der Waals surface area contributed by atoms with Crippen LogP contribution < -0.4 is 10.6 Å². The van der Waals surface area contributed by atoms with Crippen molar-refractivity contribution >= 4 is 40.7 Å². The highest BCUT2D eigenvalue weighted by atomic mass is 35.5. The summed E-state index contributed by atoms with van der Waals surface area (Å²) in [6, 6.07) is 21.4. The molecule has 1 aromatic heterocycles. The summed E-state index contributed by atoms with van der Waals surface area (Å²) in [5.74, 6) is -0.718. The van der Waals surface area contributed by atoms with E-state index in [1.165, 1.54) is 18.2 Å². The van der Waals surface area contributed by atoms with Crippen LogP contribution in [-0.4, -0.2) is 21.9 Å². The Bertz CT molecular complexity index is 1390. The highest BCUT2D eigenvalue weighted by molar-refractivity contribution is 6.35. The lowest BCUT2D eigenvalue weighted by atomic mass is 10.1. The standard InChI is InChI=1S/C27H21Cl2N3O3/c1-16(19-6-2-3-8-25(19)33)31-26(34)17-9-11-20(23(29)14-17)27(35)32-18-10-12-22(28)21(15-18)24-7-4-5-13-30-24/h2-16,33H,1H3,(H,31,34)(H,32,35)/t16-/m1/s1. The van der Waals surface area contributed by atoms with E-state index in [-0.39, 0.29) is 27.8 Å². The van der Waals surface area contributed by atoms with E-state index in [0.717, 1.165) is 0 Å². The molecule has 6 nitrogen and oxygen atoms in total. The Balaban J connectivity index is 1.48. The third-order valence-corrected chi connectivity index (χ3v) is 6.03. The van der Waals surface area contributed by atoms with Crippen molar-refractivity contribution in [1.82, 2.24) is 10.3 Å². The molecule has 0 unspecified atom stereocenters. The van der Waals surface area contributed by atoms with Gasteiger partial charge in [-0.1, -0.05) is 47.5 Å². The Morgan fingerprint density at radius 3 is 2.37 bits per heavy atom. The molecule has 8 heteroatoms. The van der Waals surface area contributed by atoms with Gasteiger partial charge >= 0.3 is 0 Å². The first kappa shape index (κ1) is 24.3. The van der Waals surface area contributed by atoms with Crippen LogP contribution in [0.3, 0.4) is 0 Å². The number of rotatable bonds is 6. The van der Waals surface area contributed by atoms with Crippen LogP contribution in [0, 0.1) is 0 Å². The Kier molecular flexibility index (Phi) is 7.34. The van der Waals surface area contributed by atoms with Gasteiger partial charge < -0.3 is 15.7 Å². The summed E-state index contributed by atoms with van der Waals surface area (Å²) in [6.45, 7) is 1.77. The maximum absolute atomic E-state index is 12.9. The van der Waals surface area contributed by atoms with Crippen molar-refractivity contribution in [2.45, 2.75) is 13.0 Å². The maximum atomic E-state index is 12.9. The van der Waals surface area contributed by atoms with Crippen molar-refractivity contribution in [3.05, 3.63) is 112 Å². The van der Waals surface area contributed by atoms with E-state index in [4.69, 9.17) is 23.2 Å². The van der Waals surface area contributed by atoms with Gasteiger partial charge in [-0.15, -0.1) is 0 Å². The number of aromatic nitrogens is 1. The van der Waals surface area contributed by atoms with Crippen molar-refractivity contribution in [2.24, 2.45) is 0 Å². The van der Waals surface area contributed by atoms with Crippen molar-refractivity contribution in [2.75, 3.05) is 5.32 Å². The SMILES string of the molecule is C[C@@H](NC(=O)c1ccc(C(=O)Nc2ccc(Cl)c(-c3ccccn3)c2)c(Cl)c1)c1ccccc1O. The lowest BCUT2D eigenvalue weighted by Gasteiger charge is -2.16. The smallest absolute Gasteiger partial charge is 0.257 e. The summed E-state index contributed by atoms with van der Waals surface area (Å²) in [5.41, 5.74) is 2.98. The third kappa shape index (κ3) is 5.62. The normalized spacial score (nSPS) is 11.5. The van der Waals surface area contributed by atoms with Gasteiger partial charge in [0.15, 0.2) is 0 Å². The summed E-state index contributed by atoms with van der Waals surface area (Å²) >= 11 is 12.7. The molecule has 1 atom stereocenters. The Morgan fingerprint density at radius 1 is 0.886 bits per heavy atom. The fourth-order valence-corrected chi connectivity index (χ4v) is 4.05. The van der Waals surface area contributed by atoms with E-state index < -0.39 is 11.9 Å². The molecule has 1 heterocycles. The molecular formula is C27H21Cl2N3O3. The van der Waals surface area contributed by atoms with Crippen LogP contribution >= 0.6 is 23.2 Å². The second-order valence-electron chi connectivity index (χ2n) is 7.81. The number of halogens is 2. The molecule has 0 aliphatic carbocycles. The van der Waals surface area contributed by atoms with Crippen LogP contribution in [-0.2, 0) is 0 Å². The van der Waals surface area contributed by atoms with Gasteiger partial charge in [-0.2, -0.15) is 0 Å². The largest absolute Gasteiger partial charge is 0.508 e. The van der Waals surface area contributed by atoms with E-state index in [2.05, 4.69) is 15.6 Å². The first-order valence-electron chi connectivity index (χ1n) is 10.7. The number of carbonyl (C=O) groups excluding carboxylic acids is 2. The molecule has 3 aromatic carbocycles. The number of nitrogens with one attached hydrogen (secondary N) is 2. The van der Waals surface area contributed by atoms with E-state index in [0.29, 0.717) is 27.5 Å². The molecule has 3 N–H and O–H groups in total. The quantitative estimate of drug-likeness (QED) is 0.278. The number of hydrogen-bond donors (Lipinski definition) is 3. The van der Waals surface area contributed by atoms with E-state index in [1.807, 2.05) is 12.1 Å². The van der Waals surface area contributed by atoms with Gasteiger partial charge in [0.25, 0.3) is 11.8 Å². The van der Waals surface area contributed by atoms with Gasteiger partial charge in [-0.05, 0) is 61.5 Å². The number of anilines is 1. The highest BCUT2D eigenvalue weighted by Gasteiger charge is 2.18. The van der Waals surface area contributed by atoms with E-state index in [9.17, 15) is 14.7 Å². The molecule has 0 spiro atoms. The van der Waals surface area contributed by atoms with Crippen molar-refractivity contribution in [1.29, 1.82) is 0 Å². The van der Waals surface area contributed by atoms with Crippen molar-refractivity contribution < 1.29 is 14.7 Å². The second-order valence-corrected chi connectivity index (χ2v) is 8.63. The van der Waals surface area contributed by atoms with Crippen molar-refractivity contribution in [3.63, 3.8) is 0 Å². The number of amides is 2. The summed E-state index contributed by atoms with van der Waals surface area (Å²) in [4.78, 5) is 29.9. The van der Waals surface area contributed by atoms with Gasteiger partial charge in [-0.25, -0.2) is 0 Å². The minimum Gasteiger partial charge on any atom is -0.508 e. The number of pyridine rings is 1. The zero-order valence-electron chi connectivity index (χ0n) is 18.6. The van der Waals surface area contributed by atoms with Gasteiger partial charge in [0, 0.05) is 28.6 Å². The van der Waals surface area contributed by atoms with Crippen LogP contribution in [0.1, 0.15) is 39.2 Å². The number of phenolic OH excluding ortho intramolecular Hbond substituents is 1. The summed E-state index contributed by atoms with van der Waals surface area (Å²) in [5, 5.41) is 16.3. The fraction of sp³-hybridized carbons (Fsp3) is 0.0741. The molecule has 176 valence electrons. The first-order valence-corrected chi connectivity index (χ1v) is 11.5. The summed E-state index contributed by atoms with van der Waals surface area (Å²) in [7, 11) is 0. The minimum absolute atomic E-state index is 0.0961. The molecule has 0 aliphatic heterocycles. The molecule has 4 aromatic rings. The van der Waals surface area contributed by atoms with Gasteiger partial charge in [0.2, 0.25) is 0 Å². The Labute approximate surface area is 212 Å². The van der Waals surface area contributed by atoms with E-state index in [1.54, 1.807) is 61.7 Å². The van der Waals surface area contributed by atoms with Crippen LogP contribution in [0.15, 0.2) is 85.1 Å². The molecule has 0 aliphatic rings. The molecule has 0 saturated carbocycles. The topological polar surface area (TPSA) is 91.3 Å².